The highest BCUT2D eigenvalue weighted by Gasteiger charge is 2.27. The zero-order chi connectivity index (χ0) is 12.4. The second-order valence-corrected chi connectivity index (χ2v) is 5.74. The first kappa shape index (κ1) is 12.8. The Kier molecular flexibility index (Phi) is 4.03. The lowest BCUT2D eigenvalue weighted by molar-refractivity contribution is 0.287. The molecule has 0 spiro atoms. The van der Waals surface area contributed by atoms with Gasteiger partial charge < -0.3 is 0 Å². The molecule has 3 unspecified atom stereocenters. The zero-order valence-electron chi connectivity index (χ0n) is 9.93. The summed E-state index contributed by atoms with van der Waals surface area (Å²) < 4.78 is 26.2. The van der Waals surface area contributed by atoms with Crippen LogP contribution in [0.2, 0.25) is 0 Å². The van der Waals surface area contributed by atoms with Crippen molar-refractivity contribution in [1.29, 1.82) is 0 Å². The first-order chi connectivity index (χ1) is 8.04. The van der Waals surface area contributed by atoms with Gasteiger partial charge in [-0.1, -0.05) is 6.92 Å². The van der Waals surface area contributed by atoms with Crippen molar-refractivity contribution in [2.45, 2.75) is 38.0 Å². The van der Waals surface area contributed by atoms with Gasteiger partial charge in [0, 0.05) is 11.4 Å². The summed E-state index contributed by atoms with van der Waals surface area (Å²) in [5.41, 5.74) is 0.715. The molecule has 0 saturated heterocycles. The van der Waals surface area contributed by atoms with E-state index in [9.17, 15) is 8.78 Å². The van der Waals surface area contributed by atoms with E-state index < -0.39 is 11.6 Å². The second kappa shape index (κ2) is 5.34. The molecule has 3 heteroatoms. The van der Waals surface area contributed by atoms with Crippen molar-refractivity contribution in [3.05, 3.63) is 35.4 Å². The molecule has 2 rings (SSSR count). The molecule has 94 valence electrons. The van der Waals surface area contributed by atoms with Crippen molar-refractivity contribution < 1.29 is 8.78 Å². The number of hydrogen-bond donors (Lipinski definition) is 0. The van der Waals surface area contributed by atoms with E-state index in [2.05, 4.69) is 6.92 Å². The number of rotatable bonds is 2. The highest BCUT2D eigenvalue weighted by molar-refractivity contribution is 6.20. The van der Waals surface area contributed by atoms with Crippen LogP contribution in [0.1, 0.15) is 31.7 Å². The molecule has 1 aliphatic carbocycles. The Morgan fingerprint density at radius 3 is 2.47 bits per heavy atom. The van der Waals surface area contributed by atoms with Gasteiger partial charge in [-0.2, -0.15) is 0 Å². The molecule has 0 nitrogen and oxygen atoms in total. The zero-order valence-corrected chi connectivity index (χ0v) is 10.7. The monoisotopic (exact) mass is 258 g/mol. The van der Waals surface area contributed by atoms with E-state index in [1.807, 2.05) is 0 Å². The summed E-state index contributed by atoms with van der Waals surface area (Å²) in [4.78, 5) is 0. The molecule has 1 aromatic carbocycles. The van der Waals surface area contributed by atoms with Gasteiger partial charge in [-0.25, -0.2) is 8.78 Å². The maximum Gasteiger partial charge on any atom is 0.126 e. The molecule has 17 heavy (non-hydrogen) atoms. The maximum absolute atomic E-state index is 13.1. The lowest BCUT2D eigenvalue weighted by Gasteiger charge is -2.31. The summed E-state index contributed by atoms with van der Waals surface area (Å²) in [6.45, 7) is 2.21. The van der Waals surface area contributed by atoms with E-state index in [0.717, 1.165) is 25.3 Å². The van der Waals surface area contributed by atoms with E-state index in [1.165, 1.54) is 12.1 Å². The van der Waals surface area contributed by atoms with Gasteiger partial charge in [0.25, 0.3) is 0 Å². The SMILES string of the molecule is CC1CCC(Cl)C(Cc2cc(F)cc(F)c2)C1. The van der Waals surface area contributed by atoms with E-state index >= 15 is 0 Å². The van der Waals surface area contributed by atoms with Gasteiger partial charge in [0.1, 0.15) is 11.6 Å². The largest absolute Gasteiger partial charge is 0.207 e. The molecular weight excluding hydrogens is 242 g/mol. The van der Waals surface area contributed by atoms with E-state index in [4.69, 9.17) is 11.6 Å². The molecule has 0 heterocycles. The standard InChI is InChI=1S/C14H17ClF2/c1-9-2-3-14(15)11(4-9)5-10-6-12(16)8-13(17)7-10/h6-9,11,14H,2-5H2,1H3. The van der Waals surface area contributed by atoms with Gasteiger partial charge in [-0.3, -0.25) is 0 Å². The van der Waals surface area contributed by atoms with E-state index in [0.29, 0.717) is 23.8 Å². The third kappa shape index (κ3) is 3.41. The van der Waals surface area contributed by atoms with Gasteiger partial charge in [-0.15, -0.1) is 11.6 Å². The van der Waals surface area contributed by atoms with Crippen LogP contribution in [-0.2, 0) is 6.42 Å². The smallest absolute Gasteiger partial charge is 0.126 e. The topological polar surface area (TPSA) is 0 Å². The highest BCUT2D eigenvalue weighted by Crippen LogP contribution is 2.34. The highest BCUT2D eigenvalue weighted by atomic mass is 35.5. The summed E-state index contributed by atoms with van der Waals surface area (Å²) in [6, 6.07) is 3.73. The fraction of sp³-hybridized carbons (Fsp3) is 0.571. The van der Waals surface area contributed by atoms with E-state index in [1.54, 1.807) is 0 Å². The van der Waals surface area contributed by atoms with Crippen LogP contribution in [0.15, 0.2) is 18.2 Å². The van der Waals surface area contributed by atoms with Crippen molar-refractivity contribution in [2.24, 2.45) is 11.8 Å². The fourth-order valence-corrected chi connectivity index (χ4v) is 3.02. The van der Waals surface area contributed by atoms with Crippen LogP contribution < -0.4 is 0 Å². The van der Waals surface area contributed by atoms with Gasteiger partial charge in [0.05, 0.1) is 0 Å². The number of alkyl halides is 1. The van der Waals surface area contributed by atoms with Crippen molar-refractivity contribution in [3.8, 4) is 0 Å². The van der Waals surface area contributed by atoms with Crippen LogP contribution in [0, 0.1) is 23.5 Å². The Morgan fingerprint density at radius 1 is 1.18 bits per heavy atom. The molecule has 3 atom stereocenters. The lowest BCUT2D eigenvalue weighted by Crippen LogP contribution is -2.26. The average Bonchev–Trinajstić information content (AvgIpc) is 2.22. The number of halogens is 3. The maximum atomic E-state index is 13.1. The summed E-state index contributed by atoms with van der Waals surface area (Å²) in [6.07, 6.45) is 3.88. The Morgan fingerprint density at radius 2 is 1.82 bits per heavy atom. The Labute approximate surface area is 106 Å². The molecule has 0 radical (unpaired) electrons. The Bertz CT molecular complexity index is 372. The summed E-state index contributed by atoms with van der Waals surface area (Å²) in [5, 5.41) is 0.137. The van der Waals surface area contributed by atoms with Crippen LogP contribution in [0.5, 0.6) is 0 Å². The predicted octanol–water partition coefficient (Wildman–Crippen LogP) is 4.55. The molecule has 0 amide bonds. The minimum atomic E-state index is -0.505. The van der Waals surface area contributed by atoms with Crippen LogP contribution in [0.3, 0.4) is 0 Å². The molecule has 1 aliphatic rings. The van der Waals surface area contributed by atoms with E-state index in [-0.39, 0.29) is 5.38 Å². The molecule has 0 aliphatic heterocycles. The molecule has 1 aromatic rings. The van der Waals surface area contributed by atoms with Crippen LogP contribution in [0.4, 0.5) is 8.78 Å². The van der Waals surface area contributed by atoms with Crippen molar-refractivity contribution in [1.82, 2.24) is 0 Å². The first-order valence-corrected chi connectivity index (χ1v) is 6.57. The molecule has 0 aromatic heterocycles. The fourth-order valence-electron chi connectivity index (χ4n) is 2.70. The third-order valence-electron chi connectivity index (χ3n) is 3.57. The van der Waals surface area contributed by atoms with Gasteiger partial charge >= 0.3 is 0 Å². The normalized spacial score (nSPS) is 29.3. The van der Waals surface area contributed by atoms with Gasteiger partial charge in [0.15, 0.2) is 0 Å². The first-order valence-electron chi connectivity index (χ1n) is 6.13. The molecule has 1 fully saturated rings. The summed E-state index contributed by atoms with van der Waals surface area (Å²) >= 11 is 6.29. The van der Waals surface area contributed by atoms with Crippen molar-refractivity contribution in [3.63, 3.8) is 0 Å². The van der Waals surface area contributed by atoms with Crippen LogP contribution in [-0.4, -0.2) is 5.38 Å². The molecule has 0 bridgehead atoms. The lowest BCUT2D eigenvalue weighted by atomic mass is 9.79. The summed E-state index contributed by atoms with van der Waals surface area (Å²) in [7, 11) is 0. The minimum absolute atomic E-state index is 0.137. The average molecular weight is 259 g/mol. The molecule has 0 N–H and O–H groups in total. The second-order valence-electron chi connectivity index (χ2n) is 5.18. The third-order valence-corrected chi connectivity index (χ3v) is 4.15. The number of benzene rings is 1. The van der Waals surface area contributed by atoms with Gasteiger partial charge in [-0.05, 0) is 55.2 Å². The van der Waals surface area contributed by atoms with Crippen LogP contribution >= 0.6 is 11.6 Å². The number of hydrogen-bond acceptors (Lipinski definition) is 0. The molecule has 1 saturated carbocycles. The Hall–Kier alpha value is -0.630. The quantitative estimate of drug-likeness (QED) is 0.683. The van der Waals surface area contributed by atoms with Gasteiger partial charge in [0.2, 0.25) is 0 Å². The Balaban J connectivity index is 2.08. The van der Waals surface area contributed by atoms with Crippen molar-refractivity contribution >= 4 is 11.6 Å². The predicted molar refractivity (Wildman–Crippen MR) is 66.2 cm³/mol. The summed E-state index contributed by atoms with van der Waals surface area (Å²) in [5.74, 6) is -0.0139. The van der Waals surface area contributed by atoms with Crippen molar-refractivity contribution in [2.75, 3.05) is 0 Å². The minimum Gasteiger partial charge on any atom is -0.207 e. The van der Waals surface area contributed by atoms with Crippen LogP contribution in [0.25, 0.3) is 0 Å². The molecular formula is C14H17ClF2.